The van der Waals surface area contributed by atoms with Gasteiger partial charge in [0.15, 0.2) is 0 Å². The van der Waals surface area contributed by atoms with Gasteiger partial charge in [-0.15, -0.1) is 0 Å². The summed E-state index contributed by atoms with van der Waals surface area (Å²) in [6.45, 7) is -0.511. The molecule has 1 aromatic rings. The molecule has 0 heterocycles. The Kier molecular flexibility index (Phi) is 6.72. The van der Waals surface area contributed by atoms with Gasteiger partial charge in [0, 0.05) is 26.9 Å². The normalized spacial score (nSPS) is 11.6. The number of ether oxygens (including phenoxy) is 1. The van der Waals surface area contributed by atoms with Crippen molar-refractivity contribution in [1.82, 2.24) is 0 Å². The van der Waals surface area contributed by atoms with Gasteiger partial charge in [0.05, 0.1) is 0 Å². The van der Waals surface area contributed by atoms with Gasteiger partial charge in [-0.25, -0.2) is 0 Å². The number of halogens is 5. The predicted octanol–water partition coefficient (Wildman–Crippen LogP) is 4.43. The van der Waals surface area contributed by atoms with Crippen molar-refractivity contribution in [2.24, 2.45) is 0 Å². The molecule has 1 N–H and O–H groups in total. The van der Waals surface area contributed by atoms with Crippen LogP contribution in [0, 0.1) is 3.57 Å². The van der Waals surface area contributed by atoms with E-state index >= 15 is 0 Å². The number of benzene rings is 1. The SMILES string of the molecule is FC(F)(F)COCCCNc1cc(Br)ccc1I. The van der Waals surface area contributed by atoms with Crippen molar-refractivity contribution in [1.29, 1.82) is 0 Å². The van der Waals surface area contributed by atoms with Gasteiger partial charge >= 0.3 is 6.18 Å². The molecule has 0 spiro atoms. The maximum Gasteiger partial charge on any atom is 0.411 e. The van der Waals surface area contributed by atoms with Crippen molar-refractivity contribution in [2.75, 3.05) is 25.1 Å². The summed E-state index contributed by atoms with van der Waals surface area (Å²) in [6.07, 6.45) is -3.72. The summed E-state index contributed by atoms with van der Waals surface area (Å²) in [6, 6.07) is 5.81. The Morgan fingerprint density at radius 2 is 2.06 bits per heavy atom. The summed E-state index contributed by atoms with van der Waals surface area (Å²) >= 11 is 5.55. The molecule has 0 fully saturated rings. The van der Waals surface area contributed by atoms with Gasteiger partial charge in [-0.3, -0.25) is 0 Å². The van der Waals surface area contributed by atoms with Crippen LogP contribution < -0.4 is 5.32 Å². The van der Waals surface area contributed by atoms with Crippen LogP contribution in [0.5, 0.6) is 0 Å². The van der Waals surface area contributed by atoms with Crippen LogP contribution in [-0.4, -0.2) is 25.9 Å². The van der Waals surface area contributed by atoms with Gasteiger partial charge in [0.25, 0.3) is 0 Å². The monoisotopic (exact) mass is 437 g/mol. The summed E-state index contributed by atoms with van der Waals surface area (Å²) in [7, 11) is 0. The number of nitrogens with one attached hydrogen (secondary N) is 1. The second-order valence-corrected chi connectivity index (χ2v) is 5.65. The minimum absolute atomic E-state index is 0.0943. The van der Waals surface area contributed by atoms with Crippen LogP contribution in [0.25, 0.3) is 0 Å². The van der Waals surface area contributed by atoms with Crippen molar-refractivity contribution in [3.63, 3.8) is 0 Å². The van der Waals surface area contributed by atoms with E-state index in [1.165, 1.54) is 0 Å². The summed E-state index contributed by atoms with van der Waals surface area (Å²) in [5, 5.41) is 3.15. The second-order valence-electron chi connectivity index (χ2n) is 3.57. The summed E-state index contributed by atoms with van der Waals surface area (Å²) in [5.41, 5.74) is 0.959. The summed E-state index contributed by atoms with van der Waals surface area (Å²) in [4.78, 5) is 0. The first-order valence-corrected chi connectivity index (χ1v) is 7.09. The van der Waals surface area contributed by atoms with E-state index in [-0.39, 0.29) is 6.61 Å². The zero-order valence-corrected chi connectivity index (χ0v) is 13.1. The van der Waals surface area contributed by atoms with Gasteiger partial charge < -0.3 is 10.1 Å². The van der Waals surface area contributed by atoms with E-state index < -0.39 is 12.8 Å². The van der Waals surface area contributed by atoms with Crippen LogP contribution >= 0.6 is 38.5 Å². The number of rotatable bonds is 6. The third-order valence-electron chi connectivity index (χ3n) is 1.98. The molecule has 0 saturated carbocycles. The van der Waals surface area contributed by atoms with Crippen LogP contribution in [0.2, 0.25) is 0 Å². The zero-order chi connectivity index (χ0) is 13.6. The third-order valence-corrected chi connectivity index (χ3v) is 3.41. The minimum atomic E-state index is -4.24. The lowest BCUT2D eigenvalue weighted by molar-refractivity contribution is -0.173. The number of alkyl halides is 3. The molecule has 0 aliphatic carbocycles. The first-order chi connectivity index (χ1) is 8.38. The zero-order valence-electron chi connectivity index (χ0n) is 9.36. The lowest BCUT2D eigenvalue weighted by Crippen LogP contribution is -2.18. The Labute approximate surface area is 126 Å². The van der Waals surface area contributed by atoms with Crippen LogP contribution in [0.1, 0.15) is 6.42 Å². The van der Waals surface area contributed by atoms with E-state index in [4.69, 9.17) is 0 Å². The molecule has 102 valence electrons. The fraction of sp³-hybridized carbons (Fsp3) is 0.455. The summed E-state index contributed by atoms with van der Waals surface area (Å²) < 4.78 is 41.9. The van der Waals surface area contributed by atoms with Crippen molar-refractivity contribution in [2.45, 2.75) is 12.6 Å². The highest BCUT2D eigenvalue weighted by molar-refractivity contribution is 14.1. The number of hydrogen-bond acceptors (Lipinski definition) is 2. The molecule has 18 heavy (non-hydrogen) atoms. The van der Waals surface area contributed by atoms with Crippen LogP contribution in [0.4, 0.5) is 18.9 Å². The maximum atomic E-state index is 11.8. The molecule has 0 bridgehead atoms. The smallest absolute Gasteiger partial charge is 0.384 e. The fourth-order valence-electron chi connectivity index (χ4n) is 1.22. The molecule has 0 radical (unpaired) electrons. The molecule has 0 atom stereocenters. The van der Waals surface area contributed by atoms with Crippen molar-refractivity contribution in [3.8, 4) is 0 Å². The van der Waals surface area contributed by atoms with E-state index in [2.05, 4.69) is 48.6 Å². The number of anilines is 1. The average Bonchev–Trinajstić information content (AvgIpc) is 2.26. The molecule has 7 heteroatoms. The third kappa shape index (κ3) is 6.79. The predicted molar refractivity (Wildman–Crippen MR) is 76.8 cm³/mol. The largest absolute Gasteiger partial charge is 0.411 e. The van der Waals surface area contributed by atoms with E-state index in [1.807, 2.05) is 18.2 Å². The van der Waals surface area contributed by atoms with E-state index in [9.17, 15) is 13.2 Å². The van der Waals surface area contributed by atoms with Crippen molar-refractivity contribution in [3.05, 3.63) is 26.2 Å². The van der Waals surface area contributed by atoms with Gasteiger partial charge in [-0.1, -0.05) is 15.9 Å². The highest BCUT2D eigenvalue weighted by Crippen LogP contribution is 2.22. The van der Waals surface area contributed by atoms with Gasteiger partial charge in [0.2, 0.25) is 0 Å². The quantitative estimate of drug-likeness (QED) is 0.525. The van der Waals surface area contributed by atoms with E-state index in [0.717, 1.165) is 13.7 Å². The van der Waals surface area contributed by atoms with Crippen LogP contribution in [0.15, 0.2) is 22.7 Å². The standard InChI is InChI=1S/C11H12BrF3INO/c12-8-2-3-9(16)10(6-8)17-4-1-5-18-7-11(13,14)15/h2-3,6,17H,1,4-5,7H2. The molecule has 2 nitrogen and oxygen atoms in total. The number of hydrogen-bond donors (Lipinski definition) is 1. The lowest BCUT2D eigenvalue weighted by Gasteiger charge is -2.10. The van der Waals surface area contributed by atoms with Crippen LogP contribution in [0.3, 0.4) is 0 Å². The summed E-state index contributed by atoms with van der Waals surface area (Å²) in [5.74, 6) is 0. The minimum Gasteiger partial charge on any atom is -0.384 e. The molecule has 0 aliphatic rings. The van der Waals surface area contributed by atoms with Crippen molar-refractivity contribution >= 4 is 44.2 Å². The molecule has 1 rings (SSSR count). The molecule has 0 unspecified atom stereocenters. The van der Waals surface area contributed by atoms with Gasteiger partial charge in [-0.2, -0.15) is 13.2 Å². The molecule has 0 saturated heterocycles. The molecule has 0 amide bonds. The Hall–Kier alpha value is -0.0200. The average molecular weight is 438 g/mol. The topological polar surface area (TPSA) is 21.3 Å². The highest BCUT2D eigenvalue weighted by atomic mass is 127. The molecule has 1 aromatic carbocycles. The Morgan fingerprint density at radius 3 is 2.72 bits per heavy atom. The molecule has 0 aliphatic heterocycles. The Balaban J connectivity index is 2.20. The second kappa shape index (κ2) is 7.54. The highest BCUT2D eigenvalue weighted by Gasteiger charge is 2.27. The Morgan fingerprint density at radius 1 is 1.33 bits per heavy atom. The first kappa shape index (κ1) is 16.0. The van der Waals surface area contributed by atoms with Gasteiger partial charge in [0.1, 0.15) is 6.61 Å². The van der Waals surface area contributed by atoms with E-state index in [0.29, 0.717) is 13.0 Å². The van der Waals surface area contributed by atoms with Crippen LogP contribution in [-0.2, 0) is 4.74 Å². The molecular formula is C11H12BrF3INO. The maximum absolute atomic E-state index is 11.8. The van der Waals surface area contributed by atoms with Gasteiger partial charge in [-0.05, 0) is 47.2 Å². The lowest BCUT2D eigenvalue weighted by atomic mass is 10.3. The van der Waals surface area contributed by atoms with Crippen molar-refractivity contribution < 1.29 is 17.9 Å². The molecular weight excluding hydrogens is 426 g/mol. The first-order valence-electron chi connectivity index (χ1n) is 5.22. The Bertz CT molecular complexity index is 387. The van der Waals surface area contributed by atoms with E-state index in [1.54, 1.807) is 0 Å². The fourth-order valence-corrected chi connectivity index (χ4v) is 2.11. The molecule has 0 aromatic heterocycles.